The minimum atomic E-state index is -0.590. The van der Waals surface area contributed by atoms with Crippen LogP contribution in [0.3, 0.4) is 0 Å². The van der Waals surface area contributed by atoms with Crippen molar-refractivity contribution < 1.29 is 18.3 Å². The molecule has 0 unspecified atom stereocenters. The summed E-state index contributed by atoms with van der Waals surface area (Å²) in [6.45, 7) is 0. The zero-order chi connectivity index (χ0) is 14.7. The van der Waals surface area contributed by atoms with Crippen LogP contribution in [0.25, 0.3) is 0 Å². The fourth-order valence-electron chi connectivity index (χ4n) is 1.58. The Kier molecular flexibility index (Phi) is 4.24. The molecule has 2 rings (SSSR count). The molecule has 0 aromatic heterocycles. The van der Waals surface area contributed by atoms with E-state index >= 15 is 0 Å². The summed E-state index contributed by atoms with van der Waals surface area (Å²) in [6, 6.07) is 7.67. The monoisotopic (exact) mass is 295 g/mol. The number of thiol groups is 1. The van der Waals surface area contributed by atoms with Crippen LogP contribution >= 0.6 is 12.6 Å². The van der Waals surface area contributed by atoms with Crippen molar-refractivity contribution in [3.05, 3.63) is 53.6 Å². The molecule has 20 heavy (non-hydrogen) atoms. The van der Waals surface area contributed by atoms with E-state index in [9.17, 15) is 13.6 Å². The molecule has 1 amide bonds. The smallest absolute Gasteiger partial charge is 0.255 e. The van der Waals surface area contributed by atoms with Gasteiger partial charge in [-0.25, -0.2) is 8.78 Å². The molecule has 0 heterocycles. The Morgan fingerprint density at radius 2 is 1.85 bits per heavy atom. The molecule has 2 aromatic carbocycles. The molecule has 0 radical (unpaired) electrons. The second kappa shape index (κ2) is 5.92. The first kappa shape index (κ1) is 14.3. The second-order valence-corrected chi connectivity index (χ2v) is 4.45. The summed E-state index contributed by atoms with van der Waals surface area (Å²) in [5.74, 6) is -1.27. The maximum absolute atomic E-state index is 13.6. The predicted molar refractivity (Wildman–Crippen MR) is 74.6 cm³/mol. The molecule has 0 fully saturated rings. The summed E-state index contributed by atoms with van der Waals surface area (Å²) in [5.41, 5.74) is 0.165. The third-order valence-electron chi connectivity index (χ3n) is 2.63. The summed E-state index contributed by atoms with van der Waals surface area (Å²) >= 11 is 3.89. The van der Waals surface area contributed by atoms with Gasteiger partial charge in [0.05, 0.1) is 12.8 Å². The molecule has 0 saturated heterocycles. The maximum atomic E-state index is 13.6. The Bertz CT molecular complexity index is 662. The van der Waals surface area contributed by atoms with Gasteiger partial charge in [-0.05, 0) is 30.3 Å². The highest BCUT2D eigenvalue weighted by atomic mass is 32.1. The number of halogens is 2. The largest absolute Gasteiger partial charge is 0.497 e. The van der Waals surface area contributed by atoms with E-state index in [2.05, 4.69) is 17.9 Å². The number of hydrogen-bond acceptors (Lipinski definition) is 3. The van der Waals surface area contributed by atoms with Crippen molar-refractivity contribution in [3.8, 4) is 5.75 Å². The van der Waals surface area contributed by atoms with E-state index in [1.807, 2.05) is 0 Å². The summed E-state index contributed by atoms with van der Waals surface area (Å²) < 4.78 is 31.6. The van der Waals surface area contributed by atoms with Gasteiger partial charge in [0, 0.05) is 16.5 Å². The first-order valence-electron chi connectivity index (χ1n) is 5.64. The van der Waals surface area contributed by atoms with Crippen molar-refractivity contribution in [1.29, 1.82) is 0 Å². The van der Waals surface area contributed by atoms with Crippen LogP contribution in [0.4, 0.5) is 14.5 Å². The van der Waals surface area contributed by atoms with Gasteiger partial charge in [-0.2, -0.15) is 0 Å². The van der Waals surface area contributed by atoms with E-state index in [4.69, 9.17) is 4.74 Å². The molecule has 0 spiro atoms. The Morgan fingerprint density at radius 1 is 1.15 bits per heavy atom. The fraction of sp³-hybridized carbons (Fsp3) is 0.0714. The van der Waals surface area contributed by atoms with Crippen LogP contribution in [-0.4, -0.2) is 13.0 Å². The van der Waals surface area contributed by atoms with Gasteiger partial charge in [0.25, 0.3) is 5.91 Å². The standard InChI is InChI=1S/C14H11F2NO2S/c1-19-9-3-5-10(15)12(7-9)17-14(18)8-2-4-11(16)13(20)6-8/h2-7,20H,1H3,(H,17,18). The summed E-state index contributed by atoms with van der Waals surface area (Å²) in [7, 11) is 1.44. The van der Waals surface area contributed by atoms with Crippen LogP contribution in [0.5, 0.6) is 5.75 Å². The quantitative estimate of drug-likeness (QED) is 0.850. The molecular weight excluding hydrogens is 284 g/mol. The first-order chi connectivity index (χ1) is 9.51. The fourth-order valence-corrected chi connectivity index (χ4v) is 1.79. The normalized spacial score (nSPS) is 10.2. The highest BCUT2D eigenvalue weighted by molar-refractivity contribution is 7.80. The number of methoxy groups -OCH3 is 1. The van der Waals surface area contributed by atoms with Gasteiger partial charge < -0.3 is 10.1 Å². The van der Waals surface area contributed by atoms with Crippen molar-refractivity contribution >= 4 is 24.2 Å². The minimum absolute atomic E-state index is 0.0145. The topological polar surface area (TPSA) is 38.3 Å². The summed E-state index contributed by atoms with van der Waals surface area (Å²) in [4.78, 5) is 12.0. The minimum Gasteiger partial charge on any atom is -0.497 e. The van der Waals surface area contributed by atoms with Crippen LogP contribution in [0.1, 0.15) is 10.4 Å². The molecule has 1 N–H and O–H groups in total. The maximum Gasteiger partial charge on any atom is 0.255 e. The molecule has 0 atom stereocenters. The van der Waals surface area contributed by atoms with E-state index in [0.29, 0.717) is 5.75 Å². The predicted octanol–water partition coefficient (Wildman–Crippen LogP) is 3.51. The lowest BCUT2D eigenvalue weighted by molar-refractivity contribution is 0.102. The SMILES string of the molecule is COc1ccc(F)c(NC(=O)c2ccc(F)c(S)c2)c1. The number of amides is 1. The van der Waals surface area contributed by atoms with Crippen LogP contribution in [-0.2, 0) is 0 Å². The molecule has 0 saturated carbocycles. The molecule has 6 heteroatoms. The number of ether oxygens (including phenoxy) is 1. The number of anilines is 1. The van der Waals surface area contributed by atoms with E-state index in [1.54, 1.807) is 0 Å². The third-order valence-corrected chi connectivity index (χ3v) is 2.97. The van der Waals surface area contributed by atoms with Crippen LogP contribution < -0.4 is 10.1 Å². The van der Waals surface area contributed by atoms with Gasteiger partial charge in [0.15, 0.2) is 0 Å². The Hall–Kier alpha value is -2.08. The van der Waals surface area contributed by atoms with E-state index in [0.717, 1.165) is 6.07 Å². The van der Waals surface area contributed by atoms with Crippen molar-refractivity contribution in [2.45, 2.75) is 4.90 Å². The van der Waals surface area contributed by atoms with Gasteiger partial charge in [-0.3, -0.25) is 4.79 Å². The number of benzene rings is 2. The van der Waals surface area contributed by atoms with E-state index < -0.39 is 17.5 Å². The number of hydrogen-bond donors (Lipinski definition) is 2. The van der Waals surface area contributed by atoms with E-state index in [1.165, 1.54) is 37.4 Å². The molecule has 0 aliphatic rings. The highest BCUT2D eigenvalue weighted by Crippen LogP contribution is 2.22. The summed E-state index contributed by atoms with van der Waals surface area (Å²) in [6.07, 6.45) is 0. The van der Waals surface area contributed by atoms with Gasteiger partial charge >= 0.3 is 0 Å². The van der Waals surface area contributed by atoms with Gasteiger partial charge in [0.2, 0.25) is 0 Å². The van der Waals surface area contributed by atoms with Gasteiger partial charge in [-0.15, -0.1) is 12.6 Å². The molecule has 0 bridgehead atoms. The molecular formula is C14H11F2NO2S. The highest BCUT2D eigenvalue weighted by Gasteiger charge is 2.11. The van der Waals surface area contributed by atoms with Crippen molar-refractivity contribution in [1.82, 2.24) is 0 Å². The Labute approximate surface area is 120 Å². The average Bonchev–Trinajstić information content (AvgIpc) is 2.44. The van der Waals surface area contributed by atoms with Crippen LogP contribution in [0.15, 0.2) is 41.3 Å². The molecule has 3 nitrogen and oxygen atoms in total. The van der Waals surface area contributed by atoms with Crippen molar-refractivity contribution in [3.63, 3.8) is 0 Å². The Balaban J connectivity index is 2.25. The van der Waals surface area contributed by atoms with Gasteiger partial charge in [-0.1, -0.05) is 0 Å². The lowest BCUT2D eigenvalue weighted by Gasteiger charge is -2.09. The zero-order valence-corrected chi connectivity index (χ0v) is 11.4. The molecule has 0 aliphatic carbocycles. The van der Waals surface area contributed by atoms with E-state index in [-0.39, 0.29) is 16.1 Å². The van der Waals surface area contributed by atoms with Crippen molar-refractivity contribution in [2.75, 3.05) is 12.4 Å². The molecule has 104 valence electrons. The lowest BCUT2D eigenvalue weighted by Crippen LogP contribution is -2.13. The average molecular weight is 295 g/mol. The van der Waals surface area contributed by atoms with Crippen LogP contribution in [0, 0.1) is 11.6 Å². The number of carbonyl (C=O) groups excluding carboxylic acids is 1. The van der Waals surface area contributed by atoms with Gasteiger partial charge in [0.1, 0.15) is 17.4 Å². The zero-order valence-electron chi connectivity index (χ0n) is 10.5. The third kappa shape index (κ3) is 3.08. The molecule has 2 aromatic rings. The molecule has 0 aliphatic heterocycles. The summed E-state index contributed by atoms with van der Waals surface area (Å²) in [5, 5.41) is 2.40. The first-order valence-corrected chi connectivity index (χ1v) is 6.09. The number of nitrogens with one attached hydrogen (secondary N) is 1. The number of carbonyl (C=O) groups is 1. The van der Waals surface area contributed by atoms with Crippen LogP contribution in [0.2, 0.25) is 0 Å². The lowest BCUT2D eigenvalue weighted by atomic mass is 10.2. The Morgan fingerprint density at radius 3 is 2.50 bits per heavy atom. The van der Waals surface area contributed by atoms with Crippen molar-refractivity contribution in [2.24, 2.45) is 0 Å². The second-order valence-electron chi connectivity index (χ2n) is 3.97. The number of rotatable bonds is 3.